The quantitative estimate of drug-likeness (QED) is 0.830. The van der Waals surface area contributed by atoms with E-state index in [-0.39, 0.29) is 5.56 Å². The van der Waals surface area contributed by atoms with Crippen LogP contribution in [0.1, 0.15) is 38.3 Å². The maximum atomic E-state index is 12.2. The van der Waals surface area contributed by atoms with Crippen molar-refractivity contribution in [2.24, 2.45) is 5.92 Å². The van der Waals surface area contributed by atoms with Gasteiger partial charge in [-0.25, -0.2) is 4.98 Å². The van der Waals surface area contributed by atoms with Gasteiger partial charge in [-0.15, -0.1) is 5.10 Å². The third-order valence-electron chi connectivity index (χ3n) is 5.26. The molecule has 2 aliphatic heterocycles. The largest absolute Gasteiger partial charge is 0.381 e. The first-order valence-corrected chi connectivity index (χ1v) is 10.5. The van der Waals surface area contributed by atoms with E-state index in [1.165, 1.54) is 22.3 Å². The predicted octanol–water partition coefficient (Wildman–Crippen LogP) is 2.02. The minimum Gasteiger partial charge on any atom is -0.381 e. The third-order valence-corrected chi connectivity index (χ3v) is 6.10. The number of anilines is 1. The summed E-state index contributed by atoms with van der Waals surface area (Å²) in [5, 5.41) is 8.75. The average Bonchev–Trinajstić information content (AvgIpc) is 3.27. The Bertz CT molecular complexity index is 790. The fraction of sp³-hybridized carbons (Fsp3) is 0.722. The highest BCUT2D eigenvalue weighted by molar-refractivity contribution is 7.20. The van der Waals surface area contributed by atoms with E-state index in [1.54, 1.807) is 6.07 Å². The van der Waals surface area contributed by atoms with Crippen molar-refractivity contribution in [1.82, 2.24) is 19.5 Å². The van der Waals surface area contributed by atoms with Crippen LogP contribution in [-0.2, 0) is 11.2 Å². The number of hydrogen-bond acceptors (Lipinski definition) is 7. The molecule has 2 aromatic rings. The van der Waals surface area contributed by atoms with Gasteiger partial charge in [-0.3, -0.25) is 4.79 Å². The second kappa shape index (κ2) is 8.02. The lowest BCUT2D eigenvalue weighted by Gasteiger charge is -2.33. The third kappa shape index (κ3) is 4.07. The Morgan fingerprint density at radius 3 is 2.92 bits per heavy atom. The van der Waals surface area contributed by atoms with Crippen molar-refractivity contribution in [2.45, 2.75) is 45.1 Å². The maximum absolute atomic E-state index is 12.2. The van der Waals surface area contributed by atoms with E-state index in [1.807, 2.05) is 0 Å². The summed E-state index contributed by atoms with van der Waals surface area (Å²) in [5.41, 5.74) is 0.772. The van der Waals surface area contributed by atoms with Crippen molar-refractivity contribution in [3.8, 4) is 0 Å². The van der Waals surface area contributed by atoms with Gasteiger partial charge in [0, 0.05) is 44.0 Å². The van der Waals surface area contributed by atoms with Gasteiger partial charge < -0.3 is 15.0 Å². The number of likely N-dealkylation sites (tertiary alicyclic amines) is 1. The van der Waals surface area contributed by atoms with Gasteiger partial charge in [0.2, 0.25) is 10.1 Å². The van der Waals surface area contributed by atoms with E-state index in [2.05, 4.69) is 27.2 Å². The molecule has 4 heterocycles. The number of rotatable bonds is 6. The van der Waals surface area contributed by atoms with E-state index in [4.69, 9.17) is 4.74 Å². The summed E-state index contributed by atoms with van der Waals surface area (Å²) in [6.07, 6.45) is 5.22. The summed E-state index contributed by atoms with van der Waals surface area (Å²) in [4.78, 5) is 20.0. The minimum atomic E-state index is -0.0867. The molecule has 0 radical (unpaired) electrons. The first kappa shape index (κ1) is 17.9. The molecule has 0 aliphatic carbocycles. The molecule has 1 atom stereocenters. The molecule has 0 bridgehead atoms. The first-order chi connectivity index (χ1) is 12.7. The van der Waals surface area contributed by atoms with Crippen LogP contribution >= 0.6 is 11.3 Å². The number of ether oxygens (including phenoxy) is 1. The van der Waals surface area contributed by atoms with Crippen LogP contribution in [-0.4, -0.2) is 58.4 Å². The number of hydrogen-bond donors (Lipinski definition) is 1. The van der Waals surface area contributed by atoms with Crippen LogP contribution in [0.3, 0.4) is 0 Å². The topological polar surface area (TPSA) is 71.8 Å². The van der Waals surface area contributed by atoms with Crippen molar-refractivity contribution in [3.05, 3.63) is 22.1 Å². The van der Waals surface area contributed by atoms with Gasteiger partial charge in [-0.2, -0.15) is 4.52 Å². The number of fused-ring (bicyclic) bond motifs is 1. The Morgan fingerprint density at radius 1 is 1.35 bits per heavy atom. The molecule has 4 rings (SSSR count). The highest BCUT2D eigenvalue weighted by atomic mass is 32.1. The normalized spacial score (nSPS) is 22.3. The number of aryl methyl sites for hydroxylation is 1. The molecule has 0 spiro atoms. The Balaban J connectivity index is 1.35. The fourth-order valence-corrected chi connectivity index (χ4v) is 4.73. The molecule has 0 amide bonds. The van der Waals surface area contributed by atoms with Crippen molar-refractivity contribution >= 4 is 21.4 Å². The fourth-order valence-electron chi connectivity index (χ4n) is 3.83. The SMILES string of the molecule is CCCc1cc(=O)n2nc(NC3CCN(CC4CCOC4)CC3)sc2n1. The summed E-state index contributed by atoms with van der Waals surface area (Å²) in [6, 6.07) is 2.02. The Hall–Kier alpha value is -1.51. The van der Waals surface area contributed by atoms with Crippen molar-refractivity contribution in [3.63, 3.8) is 0 Å². The summed E-state index contributed by atoms with van der Waals surface area (Å²) in [6.45, 7) is 7.32. The van der Waals surface area contributed by atoms with E-state index < -0.39 is 0 Å². The zero-order valence-corrected chi connectivity index (χ0v) is 16.1. The predicted molar refractivity (Wildman–Crippen MR) is 103 cm³/mol. The lowest BCUT2D eigenvalue weighted by molar-refractivity contribution is 0.154. The van der Waals surface area contributed by atoms with Crippen LogP contribution in [0.25, 0.3) is 4.96 Å². The molecule has 0 aromatic carbocycles. The second-order valence-electron chi connectivity index (χ2n) is 7.39. The molecule has 1 N–H and O–H groups in total. The second-order valence-corrected chi connectivity index (χ2v) is 8.34. The first-order valence-electron chi connectivity index (χ1n) is 9.67. The van der Waals surface area contributed by atoms with E-state index >= 15 is 0 Å². The molecule has 2 fully saturated rings. The maximum Gasteiger partial charge on any atom is 0.275 e. The molecule has 2 saturated heterocycles. The van der Waals surface area contributed by atoms with Crippen LogP contribution in [0, 0.1) is 5.92 Å². The molecule has 26 heavy (non-hydrogen) atoms. The number of piperidine rings is 1. The Labute approximate surface area is 157 Å². The van der Waals surface area contributed by atoms with Crippen molar-refractivity contribution in [1.29, 1.82) is 0 Å². The van der Waals surface area contributed by atoms with Crippen LogP contribution in [0.15, 0.2) is 10.9 Å². The van der Waals surface area contributed by atoms with Gasteiger partial charge in [0.1, 0.15) is 0 Å². The molecule has 1 unspecified atom stereocenters. The van der Waals surface area contributed by atoms with E-state index in [0.717, 1.165) is 69.4 Å². The molecule has 8 heteroatoms. The molecule has 7 nitrogen and oxygen atoms in total. The molecular weight excluding hydrogens is 350 g/mol. The van der Waals surface area contributed by atoms with Crippen LogP contribution < -0.4 is 10.9 Å². The van der Waals surface area contributed by atoms with Crippen LogP contribution in [0.2, 0.25) is 0 Å². The summed E-state index contributed by atoms with van der Waals surface area (Å²) < 4.78 is 6.90. The lowest BCUT2D eigenvalue weighted by Crippen LogP contribution is -2.41. The number of nitrogens with one attached hydrogen (secondary N) is 1. The monoisotopic (exact) mass is 377 g/mol. The lowest BCUT2D eigenvalue weighted by atomic mass is 10.0. The smallest absolute Gasteiger partial charge is 0.275 e. The van der Waals surface area contributed by atoms with Gasteiger partial charge in [0.25, 0.3) is 5.56 Å². The van der Waals surface area contributed by atoms with E-state index in [9.17, 15) is 4.79 Å². The average molecular weight is 378 g/mol. The summed E-state index contributed by atoms with van der Waals surface area (Å²) >= 11 is 1.47. The highest BCUT2D eigenvalue weighted by Gasteiger charge is 2.24. The van der Waals surface area contributed by atoms with E-state index in [0.29, 0.717) is 16.9 Å². The molecule has 0 saturated carbocycles. The summed E-state index contributed by atoms with van der Waals surface area (Å²) in [5.74, 6) is 0.707. The Kier molecular flexibility index (Phi) is 5.52. The van der Waals surface area contributed by atoms with Gasteiger partial charge in [0.05, 0.1) is 6.61 Å². The standard InChI is InChI=1S/C18H27N5O2S/c1-2-3-15-10-16(24)23-18(20-15)26-17(21-23)19-14-4-7-22(8-5-14)11-13-6-9-25-12-13/h10,13-14H,2-9,11-12H2,1H3,(H,19,21). The van der Waals surface area contributed by atoms with Crippen LogP contribution in [0.4, 0.5) is 5.13 Å². The van der Waals surface area contributed by atoms with Crippen molar-refractivity contribution < 1.29 is 4.74 Å². The minimum absolute atomic E-state index is 0.0867. The number of nitrogens with zero attached hydrogens (tertiary/aromatic N) is 4. The molecule has 2 aromatic heterocycles. The summed E-state index contributed by atoms with van der Waals surface area (Å²) in [7, 11) is 0. The van der Waals surface area contributed by atoms with Gasteiger partial charge >= 0.3 is 0 Å². The molecular formula is C18H27N5O2S. The highest BCUT2D eigenvalue weighted by Crippen LogP contribution is 2.22. The Morgan fingerprint density at radius 2 is 2.19 bits per heavy atom. The molecule has 142 valence electrons. The zero-order valence-electron chi connectivity index (χ0n) is 15.3. The van der Waals surface area contributed by atoms with Gasteiger partial charge in [0.15, 0.2) is 0 Å². The molecule has 2 aliphatic rings. The zero-order chi connectivity index (χ0) is 17.9. The van der Waals surface area contributed by atoms with Crippen molar-refractivity contribution in [2.75, 3.05) is 38.2 Å². The van der Waals surface area contributed by atoms with Gasteiger partial charge in [-0.1, -0.05) is 24.7 Å². The van der Waals surface area contributed by atoms with Crippen LogP contribution in [0.5, 0.6) is 0 Å². The van der Waals surface area contributed by atoms with Gasteiger partial charge in [-0.05, 0) is 31.6 Å². The number of aromatic nitrogens is 3.